The van der Waals surface area contributed by atoms with Crippen LogP contribution in [0, 0.1) is 6.92 Å². The van der Waals surface area contributed by atoms with E-state index in [1.165, 1.54) is 0 Å². The second-order valence-corrected chi connectivity index (χ2v) is 8.40. The molecule has 5 nitrogen and oxygen atoms in total. The van der Waals surface area contributed by atoms with Crippen molar-refractivity contribution in [3.63, 3.8) is 0 Å². The fourth-order valence-electron chi connectivity index (χ4n) is 3.39. The Bertz CT molecular complexity index is 1060. The second kappa shape index (κ2) is 7.83. The number of hydrogen-bond donors (Lipinski definition) is 0. The lowest BCUT2D eigenvalue weighted by Gasteiger charge is -2.27. The monoisotopic (exact) mass is 491 g/mol. The molecule has 1 aromatic heterocycles. The number of fused-ring (bicyclic) bond motifs is 1. The van der Waals surface area contributed by atoms with Crippen LogP contribution in [0.4, 0.5) is 0 Å². The molecule has 0 bridgehead atoms. The molecule has 1 aliphatic heterocycles. The molecule has 1 saturated heterocycles. The molecule has 0 saturated carbocycles. The first kappa shape index (κ1) is 18.8. The van der Waals surface area contributed by atoms with Gasteiger partial charge in [-0.1, -0.05) is 34.1 Å². The van der Waals surface area contributed by atoms with Gasteiger partial charge in [0.1, 0.15) is 5.82 Å². The molecule has 27 heavy (non-hydrogen) atoms. The van der Waals surface area contributed by atoms with Gasteiger partial charge in [0.15, 0.2) is 0 Å². The molecule has 1 fully saturated rings. The van der Waals surface area contributed by atoms with Crippen molar-refractivity contribution >= 4 is 42.8 Å². The molecular formula is C20H19Br2N3O2. The van der Waals surface area contributed by atoms with Gasteiger partial charge in [0.2, 0.25) is 0 Å². The standard InChI is InChI=1S/C20H19Br2N3O2/c1-13-4-2-3-5-17(13)25-18(12-24-6-8-27-9-7-24)23-19-15(20(25)26)10-14(21)11-16(19)22/h2-5,10-11H,6-9,12H2,1H3. The molecule has 4 rings (SSSR count). The highest BCUT2D eigenvalue weighted by atomic mass is 79.9. The molecule has 0 radical (unpaired) electrons. The highest BCUT2D eigenvalue weighted by molar-refractivity contribution is 9.11. The molecule has 0 aliphatic carbocycles. The zero-order valence-corrected chi connectivity index (χ0v) is 18.1. The van der Waals surface area contributed by atoms with Crippen LogP contribution in [0.25, 0.3) is 16.6 Å². The van der Waals surface area contributed by atoms with E-state index in [1.807, 2.05) is 43.3 Å². The molecule has 0 N–H and O–H groups in total. The van der Waals surface area contributed by atoms with Crippen LogP contribution in [0.3, 0.4) is 0 Å². The molecule has 140 valence electrons. The van der Waals surface area contributed by atoms with Gasteiger partial charge in [0.05, 0.1) is 36.3 Å². The molecule has 7 heteroatoms. The van der Waals surface area contributed by atoms with Gasteiger partial charge in [-0.15, -0.1) is 0 Å². The summed E-state index contributed by atoms with van der Waals surface area (Å²) in [5.74, 6) is 0.742. The Balaban J connectivity index is 1.97. The quantitative estimate of drug-likeness (QED) is 0.553. The lowest BCUT2D eigenvalue weighted by Crippen LogP contribution is -2.38. The Morgan fingerprint density at radius 3 is 2.63 bits per heavy atom. The van der Waals surface area contributed by atoms with E-state index in [0.29, 0.717) is 30.7 Å². The Labute approximate surface area is 174 Å². The van der Waals surface area contributed by atoms with Crippen LogP contribution in [0.5, 0.6) is 0 Å². The minimum atomic E-state index is -0.0560. The number of morpholine rings is 1. The summed E-state index contributed by atoms with van der Waals surface area (Å²) in [6, 6.07) is 11.7. The van der Waals surface area contributed by atoms with Crippen LogP contribution in [-0.2, 0) is 11.3 Å². The third-order valence-electron chi connectivity index (χ3n) is 4.79. The summed E-state index contributed by atoms with van der Waals surface area (Å²) < 4.78 is 8.87. The summed E-state index contributed by atoms with van der Waals surface area (Å²) in [7, 11) is 0. The topological polar surface area (TPSA) is 47.4 Å². The lowest BCUT2D eigenvalue weighted by molar-refractivity contribution is 0.0327. The molecule has 0 unspecified atom stereocenters. The van der Waals surface area contributed by atoms with Crippen molar-refractivity contribution in [3.8, 4) is 5.69 Å². The van der Waals surface area contributed by atoms with Gasteiger partial charge in [-0.05, 0) is 46.6 Å². The van der Waals surface area contributed by atoms with Crippen molar-refractivity contribution in [3.05, 3.63) is 67.1 Å². The van der Waals surface area contributed by atoms with Crippen molar-refractivity contribution < 1.29 is 4.74 Å². The van der Waals surface area contributed by atoms with E-state index in [0.717, 1.165) is 39.1 Å². The van der Waals surface area contributed by atoms with Crippen molar-refractivity contribution in [2.45, 2.75) is 13.5 Å². The molecule has 0 spiro atoms. The van der Waals surface area contributed by atoms with Crippen LogP contribution >= 0.6 is 31.9 Å². The maximum Gasteiger partial charge on any atom is 0.266 e. The first-order valence-electron chi connectivity index (χ1n) is 8.81. The number of ether oxygens (including phenoxy) is 1. The molecule has 2 aromatic carbocycles. The minimum absolute atomic E-state index is 0.0560. The Hall–Kier alpha value is -1.54. The zero-order valence-electron chi connectivity index (χ0n) is 14.9. The number of aryl methyl sites for hydroxylation is 1. The zero-order chi connectivity index (χ0) is 19.0. The first-order chi connectivity index (χ1) is 13.0. The highest BCUT2D eigenvalue weighted by Crippen LogP contribution is 2.27. The number of hydrogen-bond acceptors (Lipinski definition) is 4. The summed E-state index contributed by atoms with van der Waals surface area (Å²) >= 11 is 7.05. The first-order valence-corrected chi connectivity index (χ1v) is 10.4. The number of benzene rings is 2. The molecule has 3 aromatic rings. The predicted molar refractivity (Wildman–Crippen MR) is 114 cm³/mol. The van der Waals surface area contributed by atoms with Crippen LogP contribution in [0.2, 0.25) is 0 Å². The third-order valence-corrected chi connectivity index (χ3v) is 5.85. The normalized spacial score (nSPS) is 15.4. The fourth-order valence-corrected chi connectivity index (χ4v) is 4.70. The van der Waals surface area contributed by atoms with Gasteiger partial charge in [-0.25, -0.2) is 4.98 Å². The smallest absolute Gasteiger partial charge is 0.266 e. The van der Waals surface area contributed by atoms with E-state index in [-0.39, 0.29) is 5.56 Å². The summed E-state index contributed by atoms with van der Waals surface area (Å²) in [6.07, 6.45) is 0. The van der Waals surface area contributed by atoms with E-state index < -0.39 is 0 Å². The number of aromatic nitrogens is 2. The van der Waals surface area contributed by atoms with Crippen LogP contribution in [0.15, 0.2) is 50.1 Å². The molecular weight excluding hydrogens is 474 g/mol. The maximum absolute atomic E-state index is 13.5. The average Bonchev–Trinajstić information content (AvgIpc) is 2.65. The molecule has 2 heterocycles. The van der Waals surface area contributed by atoms with Crippen molar-refractivity contribution in [2.75, 3.05) is 26.3 Å². The van der Waals surface area contributed by atoms with Gasteiger partial charge in [0, 0.05) is 22.0 Å². The largest absolute Gasteiger partial charge is 0.379 e. The van der Waals surface area contributed by atoms with Crippen molar-refractivity contribution in [1.82, 2.24) is 14.5 Å². The van der Waals surface area contributed by atoms with E-state index in [1.54, 1.807) is 4.57 Å². The maximum atomic E-state index is 13.5. The van der Waals surface area contributed by atoms with Crippen molar-refractivity contribution in [2.24, 2.45) is 0 Å². The Morgan fingerprint density at radius 2 is 1.89 bits per heavy atom. The fraction of sp³-hybridized carbons (Fsp3) is 0.300. The highest BCUT2D eigenvalue weighted by Gasteiger charge is 2.19. The molecule has 0 atom stereocenters. The van der Waals surface area contributed by atoms with Gasteiger partial charge in [0.25, 0.3) is 5.56 Å². The van der Waals surface area contributed by atoms with E-state index in [9.17, 15) is 4.79 Å². The Kier molecular flexibility index (Phi) is 5.45. The SMILES string of the molecule is Cc1ccccc1-n1c(CN2CCOCC2)nc2c(Br)cc(Br)cc2c1=O. The average molecular weight is 493 g/mol. The van der Waals surface area contributed by atoms with Gasteiger partial charge in [-0.2, -0.15) is 0 Å². The summed E-state index contributed by atoms with van der Waals surface area (Å²) in [6.45, 7) is 5.71. The minimum Gasteiger partial charge on any atom is -0.379 e. The van der Waals surface area contributed by atoms with Crippen LogP contribution in [-0.4, -0.2) is 40.8 Å². The summed E-state index contributed by atoms with van der Waals surface area (Å²) in [5.41, 5.74) is 2.55. The number of para-hydroxylation sites is 1. The van der Waals surface area contributed by atoms with E-state index in [2.05, 4.69) is 36.8 Å². The van der Waals surface area contributed by atoms with E-state index >= 15 is 0 Å². The van der Waals surface area contributed by atoms with Crippen molar-refractivity contribution in [1.29, 1.82) is 0 Å². The van der Waals surface area contributed by atoms with Crippen LogP contribution in [0.1, 0.15) is 11.4 Å². The number of rotatable bonds is 3. The number of halogens is 2. The Morgan fingerprint density at radius 1 is 1.15 bits per heavy atom. The molecule has 1 aliphatic rings. The van der Waals surface area contributed by atoms with Gasteiger partial charge >= 0.3 is 0 Å². The summed E-state index contributed by atoms with van der Waals surface area (Å²) in [5, 5.41) is 0.588. The second-order valence-electron chi connectivity index (χ2n) is 6.63. The predicted octanol–water partition coefficient (Wildman–Crippen LogP) is 4.05. The van der Waals surface area contributed by atoms with Gasteiger partial charge in [-0.3, -0.25) is 14.3 Å². The van der Waals surface area contributed by atoms with Crippen LogP contribution < -0.4 is 5.56 Å². The van der Waals surface area contributed by atoms with Gasteiger partial charge < -0.3 is 4.74 Å². The summed E-state index contributed by atoms with van der Waals surface area (Å²) in [4.78, 5) is 20.7. The lowest BCUT2D eigenvalue weighted by atomic mass is 10.1. The third kappa shape index (κ3) is 3.74. The number of nitrogens with zero attached hydrogens (tertiary/aromatic N) is 3. The molecule has 0 amide bonds. The van der Waals surface area contributed by atoms with E-state index in [4.69, 9.17) is 9.72 Å².